The first-order valence-corrected chi connectivity index (χ1v) is 8.23. The standard InChI is InChI=1S/C16H17NO4S/c1-12-7-5-6-10-15(12)22(20,21)17-14(11-16(18)19)13-8-3-2-4-9-13/h2-10,14,17H,11H2,1H3,(H,18,19). The first-order valence-electron chi connectivity index (χ1n) is 6.75. The molecule has 0 saturated heterocycles. The Hall–Kier alpha value is -2.18. The number of benzene rings is 2. The predicted octanol–water partition coefficient (Wildman–Crippen LogP) is 2.49. The van der Waals surface area contributed by atoms with Crippen molar-refractivity contribution >= 4 is 16.0 Å². The van der Waals surface area contributed by atoms with Gasteiger partial charge in [-0.15, -0.1) is 0 Å². The van der Waals surface area contributed by atoms with Gasteiger partial charge in [0.05, 0.1) is 17.4 Å². The molecule has 22 heavy (non-hydrogen) atoms. The molecule has 2 aromatic rings. The Morgan fingerprint density at radius 2 is 1.68 bits per heavy atom. The molecule has 0 heterocycles. The van der Waals surface area contributed by atoms with E-state index in [0.29, 0.717) is 11.1 Å². The summed E-state index contributed by atoms with van der Waals surface area (Å²) in [7, 11) is -3.80. The van der Waals surface area contributed by atoms with E-state index in [4.69, 9.17) is 5.11 Å². The lowest BCUT2D eigenvalue weighted by molar-refractivity contribution is -0.137. The SMILES string of the molecule is Cc1ccccc1S(=O)(=O)NC(CC(=O)O)c1ccccc1. The van der Waals surface area contributed by atoms with Crippen LogP contribution in [0.1, 0.15) is 23.6 Å². The Kier molecular flexibility index (Phi) is 4.95. The summed E-state index contributed by atoms with van der Waals surface area (Å²) in [6.45, 7) is 1.70. The number of carbonyl (C=O) groups is 1. The molecule has 1 atom stereocenters. The maximum Gasteiger partial charge on any atom is 0.305 e. The highest BCUT2D eigenvalue weighted by atomic mass is 32.2. The largest absolute Gasteiger partial charge is 0.481 e. The van der Waals surface area contributed by atoms with Crippen molar-refractivity contribution in [1.82, 2.24) is 4.72 Å². The summed E-state index contributed by atoms with van der Waals surface area (Å²) < 4.78 is 27.5. The van der Waals surface area contributed by atoms with Crippen molar-refractivity contribution in [2.75, 3.05) is 0 Å². The summed E-state index contributed by atoms with van der Waals surface area (Å²) >= 11 is 0. The Balaban J connectivity index is 2.35. The van der Waals surface area contributed by atoms with Crippen LogP contribution in [0.15, 0.2) is 59.5 Å². The second-order valence-electron chi connectivity index (χ2n) is 4.95. The molecule has 2 rings (SSSR count). The summed E-state index contributed by atoms with van der Waals surface area (Å²) in [5, 5.41) is 9.03. The zero-order valence-electron chi connectivity index (χ0n) is 12.1. The third-order valence-corrected chi connectivity index (χ3v) is 4.89. The number of aryl methyl sites for hydroxylation is 1. The molecule has 0 saturated carbocycles. The maximum atomic E-state index is 12.5. The number of nitrogens with one attached hydrogen (secondary N) is 1. The first-order chi connectivity index (χ1) is 10.4. The minimum Gasteiger partial charge on any atom is -0.481 e. The number of aliphatic carboxylic acids is 1. The van der Waals surface area contributed by atoms with Crippen LogP contribution in [0.2, 0.25) is 0 Å². The van der Waals surface area contributed by atoms with Crippen molar-refractivity contribution in [3.8, 4) is 0 Å². The minimum absolute atomic E-state index is 0.154. The molecule has 0 aliphatic carbocycles. The average Bonchev–Trinajstić information content (AvgIpc) is 2.47. The molecule has 0 spiro atoms. The van der Waals surface area contributed by atoms with Gasteiger partial charge in [-0.3, -0.25) is 4.79 Å². The van der Waals surface area contributed by atoms with E-state index in [9.17, 15) is 13.2 Å². The van der Waals surface area contributed by atoms with Crippen molar-refractivity contribution in [1.29, 1.82) is 0 Å². The van der Waals surface area contributed by atoms with Crippen LogP contribution in [0.5, 0.6) is 0 Å². The van der Waals surface area contributed by atoms with Gasteiger partial charge >= 0.3 is 5.97 Å². The monoisotopic (exact) mass is 319 g/mol. The van der Waals surface area contributed by atoms with Crippen LogP contribution in [0.3, 0.4) is 0 Å². The molecule has 2 N–H and O–H groups in total. The second kappa shape index (κ2) is 6.72. The highest BCUT2D eigenvalue weighted by molar-refractivity contribution is 7.89. The lowest BCUT2D eigenvalue weighted by atomic mass is 10.1. The lowest BCUT2D eigenvalue weighted by Crippen LogP contribution is -2.30. The van der Waals surface area contributed by atoms with Crippen molar-refractivity contribution in [2.24, 2.45) is 0 Å². The topological polar surface area (TPSA) is 83.5 Å². The molecule has 0 aliphatic rings. The fraction of sp³-hybridized carbons (Fsp3) is 0.188. The number of rotatable bonds is 6. The number of carboxylic acids is 1. The van der Waals surface area contributed by atoms with E-state index in [2.05, 4.69) is 4.72 Å². The van der Waals surface area contributed by atoms with Gasteiger partial charge in [0, 0.05) is 0 Å². The van der Waals surface area contributed by atoms with Crippen LogP contribution in [-0.4, -0.2) is 19.5 Å². The second-order valence-corrected chi connectivity index (χ2v) is 6.63. The first kappa shape index (κ1) is 16.2. The average molecular weight is 319 g/mol. The molecular weight excluding hydrogens is 302 g/mol. The molecule has 5 nitrogen and oxygen atoms in total. The van der Waals surface area contributed by atoms with E-state index >= 15 is 0 Å². The number of carboxylic acid groups (broad SMARTS) is 1. The molecule has 116 valence electrons. The molecule has 2 aromatic carbocycles. The van der Waals surface area contributed by atoms with Gasteiger partial charge in [0.15, 0.2) is 0 Å². The zero-order valence-corrected chi connectivity index (χ0v) is 12.9. The van der Waals surface area contributed by atoms with Crippen LogP contribution in [0.4, 0.5) is 0 Å². The summed E-state index contributed by atoms with van der Waals surface area (Å²) in [5.41, 5.74) is 1.22. The predicted molar refractivity (Wildman–Crippen MR) is 82.9 cm³/mol. The zero-order chi connectivity index (χ0) is 16.2. The molecule has 0 aromatic heterocycles. The minimum atomic E-state index is -3.80. The molecule has 0 aliphatic heterocycles. The van der Waals surface area contributed by atoms with Crippen LogP contribution in [0.25, 0.3) is 0 Å². The van der Waals surface area contributed by atoms with Gasteiger partial charge < -0.3 is 5.11 Å². The van der Waals surface area contributed by atoms with Crippen molar-refractivity contribution in [3.63, 3.8) is 0 Å². The Morgan fingerprint density at radius 3 is 2.27 bits per heavy atom. The Morgan fingerprint density at radius 1 is 1.09 bits per heavy atom. The molecule has 0 fully saturated rings. The summed E-state index contributed by atoms with van der Waals surface area (Å²) in [6, 6.07) is 14.4. The van der Waals surface area contributed by atoms with E-state index in [1.54, 1.807) is 55.5 Å². The van der Waals surface area contributed by atoms with Gasteiger partial charge in [0.25, 0.3) is 0 Å². The molecule has 1 unspecified atom stereocenters. The summed E-state index contributed by atoms with van der Waals surface area (Å²) in [4.78, 5) is 11.2. The van der Waals surface area contributed by atoms with Gasteiger partial charge in [-0.25, -0.2) is 13.1 Å². The highest BCUT2D eigenvalue weighted by Crippen LogP contribution is 2.21. The molecule has 0 bridgehead atoms. The number of hydrogen-bond donors (Lipinski definition) is 2. The fourth-order valence-corrected chi connectivity index (χ4v) is 3.67. The van der Waals surface area contributed by atoms with E-state index < -0.39 is 22.0 Å². The maximum absolute atomic E-state index is 12.5. The Bertz CT molecular complexity index is 757. The number of sulfonamides is 1. The number of hydrogen-bond acceptors (Lipinski definition) is 3. The highest BCUT2D eigenvalue weighted by Gasteiger charge is 2.24. The Labute approximate surface area is 129 Å². The quantitative estimate of drug-likeness (QED) is 0.857. The van der Waals surface area contributed by atoms with E-state index in [-0.39, 0.29) is 11.3 Å². The smallest absolute Gasteiger partial charge is 0.305 e. The molecular formula is C16H17NO4S. The van der Waals surface area contributed by atoms with Gasteiger partial charge in [0.2, 0.25) is 10.0 Å². The third-order valence-electron chi connectivity index (χ3n) is 3.26. The van der Waals surface area contributed by atoms with Gasteiger partial charge in [0.1, 0.15) is 0 Å². The van der Waals surface area contributed by atoms with Crippen LogP contribution in [-0.2, 0) is 14.8 Å². The van der Waals surface area contributed by atoms with Crippen molar-refractivity contribution < 1.29 is 18.3 Å². The van der Waals surface area contributed by atoms with Crippen molar-refractivity contribution in [2.45, 2.75) is 24.3 Å². The van der Waals surface area contributed by atoms with Gasteiger partial charge in [-0.2, -0.15) is 0 Å². The summed E-state index contributed by atoms with van der Waals surface area (Å²) in [5.74, 6) is -1.07. The molecule has 0 radical (unpaired) electrons. The van der Waals surface area contributed by atoms with Crippen molar-refractivity contribution in [3.05, 3.63) is 65.7 Å². The fourth-order valence-electron chi connectivity index (χ4n) is 2.20. The van der Waals surface area contributed by atoms with E-state index in [1.807, 2.05) is 0 Å². The van der Waals surface area contributed by atoms with Crippen LogP contribution in [0, 0.1) is 6.92 Å². The van der Waals surface area contributed by atoms with Gasteiger partial charge in [-0.1, -0.05) is 48.5 Å². The van der Waals surface area contributed by atoms with E-state index in [1.165, 1.54) is 6.07 Å². The van der Waals surface area contributed by atoms with Crippen LogP contribution >= 0.6 is 0 Å². The third kappa shape index (κ3) is 3.93. The normalized spacial score (nSPS) is 12.8. The van der Waals surface area contributed by atoms with E-state index in [0.717, 1.165) is 0 Å². The lowest BCUT2D eigenvalue weighted by Gasteiger charge is -2.18. The molecule has 0 amide bonds. The van der Waals surface area contributed by atoms with Gasteiger partial charge in [-0.05, 0) is 24.1 Å². The molecule has 6 heteroatoms. The summed E-state index contributed by atoms with van der Waals surface area (Å²) in [6.07, 6.45) is -0.324. The van der Waals surface area contributed by atoms with Crippen LogP contribution < -0.4 is 4.72 Å².